The monoisotopic (exact) mass is 490 g/mol. The summed E-state index contributed by atoms with van der Waals surface area (Å²) in [6.07, 6.45) is 0.277. The van der Waals surface area contributed by atoms with E-state index >= 15 is 0 Å². The molecule has 0 aromatic carbocycles. The van der Waals surface area contributed by atoms with Gasteiger partial charge in [-0.3, -0.25) is 4.79 Å². The van der Waals surface area contributed by atoms with Gasteiger partial charge in [0.05, 0.1) is 34.5 Å². The minimum atomic E-state index is -1.03. The molecule has 31 heavy (non-hydrogen) atoms. The Morgan fingerprint density at radius 2 is 2.13 bits per heavy atom. The lowest BCUT2D eigenvalue weighted by atomic mass is 10.0. The lowest BCUT2D eigenvalue weighted by Crippen LogP contribution is -2.55. The van der Waals surface area contributed by atoms with Crippen LogP contribution in [0.1, 0.15) is 44.9 Å². The zero-order chi connectivity index (χ0) is 22.7. The van der Waals surface area contributed by atoms with E-state index in [0.29, 0.717) is 47.7 Å². The van der Waals surface area contributed by atoms with E-state index in [-0.39, 0.29) is 40.3 Å². The van der Waals surface area contributed by atoms with Gasteiger partial charge in [0.15, 0.2) is 5.13 Å². The highest BCUT2D eigenvalue weighted by Crippen LogP contribution is 2.31. The first kappa shape index (κ1) is 23.8. The molecular formula is C19H24Cl2N4O5S. The lowest BCUT2D eigenvalue weighted by Gasteiger charge is -2.38. The van der Waals surface area contributed by atoms with Crippen molar-refractivity contribution >= 4 is 51.5 Å². The third-order valence-corrected chi connectivity index (χ3v) is 7.06. The molecule has 170 valence electrons. The number of aryl methyl sites for hydroxylation is 1. The van der Waals surface area contributed by atoms with Crippen molar-refractivity contribution in [1.82, 2.24) is 15.3 Å². The Labute approximate surface area is 193 Å². The van der Waals surface area contributed by atoms with E-state index in [4.69, 9.17) is 32.7 Å². The third kappa shape index (κ3) is 5.15. The summed E-state index contributed by atoms with van der Waals surface area (Å²) in [7, 11) is 1.50. The summed E-state index contributed by atoms with van der Waals surface area (Å²) in [5.74, 6) is -1.39. The number of carboxylic acids is 1. The molecule has 9 nitrogen and oxygen atoms in total. The molecule has 3 N–H and O–H groups in total. The molecule has 0 saturated carbocycles. The quantitative estimate of drug-likeness (QED) is 0.519. The normalized spacial score (nSPS) is 18.9. The van der Waals surface area contributed by atoms with Gasteiger partial charge in [-0.1, -0.05) is 34.5 Å². The Hall–Kier alpha value is -1.85. The summed E-state index contributed by atoms with van der Waals surface area (Å²) in [5, 5.41) is 13.5. The standard InChI is InChI=1S/C19H24Cl2N4O5S/c1-4-30-12-7-25(19-24-11(8-29-3)16(31-19)18(27)28)6-5-10(12)23-17(26)15-14(21)13(20)9(2)22-15/h10,12,22H,4-8H2,1-3H3,(H,23,26)(H,27,28)/t10-,12+/m0/s1. The molecule has 0 bridgehead atoms. The first-order chi connectivity index (χ1) is 14.8. The maximum atomic E-state index is 12.8. The number of rotatable bonds is 8. The Kier molecular flexibility index (Phi) is 7.82. The van der Waals surface area contributed by atoms with Crippen LogP contribution in [0.4, 0.5) is 5.13 Å². The zero-order valence-corrected chi connectivity index (χ0v) is 19.7. The predicted octanol–water partition coefficient (Wildman–Crippen LogP) is 3.34. The number of nitrogens with one attached hydrogen (secondary N) is 2. The molecule has 1 aliphatic rings. The molecule has 0 unspecified atom stereocenters. The predicted molar refractivity (Wildman–Crippen MR) is 119 cm³/mol. The number of aromatic amines is 1. The van der Waals surface area contributed by atoms with Crippen molar-refractivity contribution in [2.24, 2.45) is 0 Å². The molecule has 1 saturated heterocycles. The highest BCUT2D eigenvalue weighted by Gasteiger charge is 2.34. The topological polar surface area (TPSA) is 117 Å². The SMILES string of the molecule is CCO[C@@H]1CN(c2nc(COC)c(C(=O)O)s2)CC[C@@H]1NC(=O)c1[nH]c(C)c(Cl)c1Cl. The van der Waals surface area contributed by atoms with Crippen LogP contribution in [0.5, 0.6) is 0 Å². The molecule has 0 radical (unpaired) electrons. The number of hydrogen-bond donors (Lipinski definition) is 3. The van der Waals surface area contributed by atoms with Crippen LogP contribution in [0.2, 0.25) is 10.0 Å². The molecular weight excluding hydrogens is 467 g/mol. The second-order valence-corrected chi connectivity index (χ2v) is 8.81. The van der Waals surface area contributed by atoms with Crippen LogP contribution in [0.15, 0.2) is 0 Å². The average molecular weight is 491 g/mol. The van der Waals surface area contributed by atoms with Crippen molar-refractivity contribution in [3.63, 3.8) is 0 Å². The van der Waals surface area contributed by atoms with Gasteiger partial charge in [-0.2, -0.15) is 0 Å². The third-order valence-electron chi connectivity index (χ3n) is 4.97. The number of thiazole rings is 1. The molecule has 2 atom stereocenters. The van der Waals surface area contributed by atoms with Crippen molar-refractivity contribution in [3.05, 3.63) is 32.0 Å². The van der Waals surface area contributed by atoms with E-state index < -0.39 is 5.97 Å². The molecule has 0 spiro atoms. The molecule has 3 rings (SSSR count). The number of H-pyrrole nitrogens is 1. The van der Waals surface area contributed by atoms with E-state index in [0.717, 1.165) is 11.3 Å². The number of ether oxygens (including phenoxy) is 2. The number of piperidine rings is 1. The van der Waals surface area contributed by atoms with Gasteiger partial charge >= 0.3 is 5.97 Å². The average Bonchev–Trinajstić information content (AvgIpc) is 3.26. The van der Waals surface area contributed by atoms with Gasteiger partial charge in [0.25, 0.3) is 5.91 Å². The molecule has 0 aliphatic carbocycles. The number of carbonyl (C=O) groups excluding carboxylic acids is 1. The fraction of sp³-hybridized carbons (Fsp3) is 0.526. The van der Waals surface area contributed by atoms with Gasteiger partial charge in [-0.25, -0.2) is 9.78 Å². The molecule has 2 aromatic rings. The first-order valence-electron chi connectivity index (χ1n) is 9.69. The summed E-state index contributed by atoms with van der Waals surface area (Å²) in [6, 6.07) is -0.250. The van der Waals surface area contributed by atoms with Crippen LogP contribution in [0, 0.1) is 6.92 Å². The molecule has 1 fully saturated rings. The maximum absolute atomic E-state index is 12.8. The van der Waals surface area contributed by atoms with Crippen LogP contribution >= 0.6 is 34.5 Å². The Morgan fingerprint density at radius 3 is 2.71 bits per heavy atom. The van der Waals surface area contributed by atoms with Gasteiger partial charge in [0.1, 0.15) is 10.6 Å². The molecule has 12 heteroatoms. The van der Waals surface area contributed by atoms with Crippen molar-refractivity contribution in [3.8, 4) is 0 Å². The smallest absolute Gasteiger partial charge is 0.347 e. The van der Waals surface area contributed by atoms with E-state index in [1.54, 1.807) is 6.92 Å². The fourth-order valence-electron chi connectivity index (χ4n) is 3.48. The largest absolute Gasteiger partial charge is 0.477 e. The number of aromatic nitrogens is 2. The van der Waals surface area contributed by atoms with E-state index in [1.807, 2.05) is 11.8 Å². The van der Waals surface area contributed by atoms with Crippen LogP contribution in [0.25, 0.3) is 0 Å². The second-order valence-electron chi connectivity index (χ2n) is 7.07. The summed E-state index contributed by atoms with van der Waals surface area (Å²) >= 11 is 13.4. The molecule has 3 heterocycles. The van der Waals surface area contributed by atoms with Gasteiger partial charge in [-0.05, 0) is 20.3 Å². The Morgan fingerprint density at radius 1 is 1.39 bits per heavy atom. The molecule has 1 amide bonds. The summed E-state index contributed by atoms with van der Waals surface area (Å²) in [5.41, 5.74) is 1.24. The number of amides is 1. The Balaban J connectivity index is 1.75. The second kappa shape index (κ2) is 10.2. The minimum Gasteiger partial charge on any atom is -0.477 e. The van der Waals surface area contributed by atoms with Crippen molar-refractivity contribution in [2.75, 3.05) is 31.7 Å². The highest BCUT2D eigenvalue weighted by atomic mass is 35.5. The zero-order valence-electron chi connectivity index (χ0n) is 17.3. The van der Waals surface area contributed by atoms with Crippen LogP contribution in [-0.2, 0) is 16.1 Å². The van der Waals surface area contributed by atoms with E-state index in [1.165, 1.54) is 7.11 Å². The highest BCUT2D eigenvalue weighted by molar-refractivity contribution is 7.17. The molecule has 1 aliphatic heterocycles. The fourth-order valence-corrected chi connectivity index (χ4v) is 4.84. The van der Waals surface area contributed by atoms with Crippen molar-refractivity contribution < 1.29 is 24.2 Å². The van der Waals surface area contributed by atoms with E-state index in [2.05, 4.69) is 15.3 Å². The number of methoxy groups -OCH3 is 1. The van der Waals surface area contributed by atoms with Crippen LogP contribution < -0.4 is 10.2 Å². The van der Waals surface area contributed by atoms with Gasteiger partial charge < -0.3 is 29.8 Å². The van der Waals surface area contributed by atoms with Crippen LogP contribution in [0.3, 0.4) is 0 Å². The van der Waals surface area contributed by atoms with Crippen molar-refractivity contribution in [2.45, 2.75) is 39.0 Å². The number of carbonyl (C=O) groups is 2. The molecule has 2 aromatic heterocycles. The Bertz CT molecular complexity index is 963. The summed E-state index contributed by atoms with van der Waals surface area (Å²) < 4.78 is 11.0. The number of halogens is 2. The number of hydrogen-bond acceptors (Lipinski definition) is 7. The van der Waals surface area contributed by atoms with E-state index in [9.17, 15) is 14.7 Å². The summed E-state index contributed by atoms with van der Waals surface area (Å²) in [4.78, 5) is 33.8. The maximum Gasteiger partial charge on any atom is 0.347 e. The lowest BCUT2D eigenvalue weighted by molar-refractivity contribution is 0.0272. The van der Waals surface area contributed by atoms with Gasteiger partial charge in [0.2, 0.25) is 0 Å². The van der Waals surface area contributed by atoms with Gasteiger partial charge in [-0.15, -0.1) is 0 Å². The minimum absolute atomic E-state index is 0.123. The first-order valence-corrected chi connectivity index (χ1v) is 11.3. The number of anilines is 1. The van der Waals surface area contributed by atoms with Gasteiger partial charge in [0, 0.05) is 32.5 Å². The number of nitrogens with zero attached hydrogens (tertiary/aromatic N) is 2. The number of carboxylic acid groups (broad SMARTS) is 1. The summed E-state index contributed by atoms with van der Waals surface area (Å²) in [6.45, 7) is 5.24. The van der Waals surface area contributed by atoms with Crippen LogP contribution in [-0.4, -0.2) is 65.9 Å². The van der Waals surface area contributed by atoms with Crippen molar-refractivity contribution in [1.29, 1.82) is 0 Å². The number of aromatic carboxylic acids is 1.